The first-order chi connectivity index (χ1) is 9.40. The first kappa shape index (κ1) is 15.0. The number of hydrogen-bond acceptors (Lipinski definition) is 2. The molecule has 1 aromatic rings. The Morgan fingerprint density at radius 3 is 2.35 bits per heavy atom. The predicted octanol–water partition coefficient (Wildman–Crippen LogP) is 4.54. The summed E-state index contributed by atoms with van der Waals surface area (Å²) in [6, 6.07) is 5.89. The number of rotatable bonds is 3. The minimum absolute atomic E-state index is 0.0882. The Morgan fingerprint density at radius 1 is 1.15 bits per heavy atom. The lowest BCUT2D eigenvalue weighted by atomic mass is 9.85. The van der Waals surface area contributed by atoms with Gasteiger partial charge in [0.15, 0.2) is 0 Å². The van der Waals surface area contributed by atoms with Crippen molar-refractivity contribution in [3.63, 3.8) is 0 Å². The van der Waals surface area contributed by atoms with Crippen LogP contribution in [0.15, 0.2) is 18.2 Å². The third kappa shape index (κ3) is 3.58. The number of halogens is 3. The van der Waals surface area contributed by atoms with Crippen LogP contribution in [0.5, 0.6) is 5.75 Å². The number of hydrogen-bond donors (Lipinski definition) is 1. The zero-order valence-corrected chi connectivity index (χ0v) is 11.8. The molecule has 0 aromatic heterocycles. The summed E-state index contributed by atoms with van der Waals surface area (Å²) in [5, 5.41) is 3.31. The second-order valence-corrected chi connectivity index (χ2v) is 5.44. The molecule has 0 amide bonds. The Kier molecular flexibility index (Phi) is 4.45. The van der Waals surface area contributed by atoms with E-state index in [-0.39, 0.29) is 18.9 Å². The smallest absolute Gasteiger partial charge is 0.391 e. The topological polar surface area (TPSA) is 21.3 Å². The van der Waals surface area contributed by atoms with Crippen LogP contribution in [-0.2, 0) is 0 Å². The molecule has 1 N–H and O–H groups in total. The monoisotopic (exact) mass is 287 g/mol. The van der Waals surface area contributed by atoms with Crippen LogP contribution in [0, 0.1) is 12.8 Å². The molecular formula is C15H20F3NO. The number of aryl methyl sites for hydroxylation is 1. The first-order valence-corrected chi connectivity index (χ1v) is 6.88. The summed E-state index contributed by atoms with van der Waals surface area (Å²) >= 11 is 0. The molecule has 0 unspecified atom stereocenters. The fourth-order valence-corrected chi connectivity index (χ4v) is 2.70. The van der Waals surface area contributed by atoms with Gasteiger partial charge < -0.3 is 10.1 Å². The molecule has 0 spiro atoms. The van der Waals surface area contributed by atoms with Gasteiger partial charge in [0.1, 0.15) is 5.75 Å². The van der Waals surface area contributed by atoms with Crippen molar-refractivity contribution in [2.45, 2.75) is 44.8 Å². The van der Waals surface area contributed by atoms with Gasteiger partial charge in [0.25, 0.3) is 0 Å². The van der Waals surface area contributed by atoms with Gasteiger partial charge in [-0.3, -0.25) is 0 Å². The quantitative estimate of drug-likeness (QED) is 0.881. The summed E-state index contributed by atoms with van der Waals surface area (Å²) in [4.78, 5) is 0. The molecule has 0 bridgehead atoms. The van der Waals surface area contributed by atoms with Crippen molar-refractivity contribution < 1.29 is 17.9 Å². The van der Waals surface area contributed by atoms with Crippen molar-refractivity contribution in [2.24, 2.45) is 5.92 Å². The van der Waals surface area contributed by atoms with Crippen LogP contribution in [-0.4, -0.2) is 19.3 Å². The van der Waals surface area contributed by atoms with E-state index in [0.717, 1.165) is 17.0 Å². The third-order valence-corrected chi connectivity index (χ3v) is 3.91. The van der Waals surface area contributed by atoms with E-state index < -0.39 is 12.1 Å². The number of nitrogens with one attached hydrogen (secondary N) is 1. The minimum Gasteiger partial charge on any atom is -0.495 e. The Morgan fingerprint density at radius 2 is 1.80 bits per heavy atom. The van der Waals surface area contributed by atoms with Gasteiger partial charge in [0.05, 0.1) is 18.7 Å². The van der Waals surface area contributed by atoms with E-state index in [1.807, 2.05) is 25.1 Å². The van der Waals surface area contributed by atoms with Gasteiger partial charge in [-0.1, -0.05) is 6.07 Å². The lowest BCUT2D eigenvalue weighted by Crippen LogP contribution is -2.32. The van der Waals surface area contributed by atoms with E-state index in [2.05, 4.69) is 5.32 Å². The van der Waals surface area contributed by atoms with Crippen molar-refractivity contribution >= 4 is 5.69 Å². The van der Waals surface area contributed by atoms with Crippen molar-refractivity contribution in [1.82, 2.24) is 0 Å². The molecule has 1 aliphatic rings. The average molecular weight is 287 g/mol. The number of alkyl halides is 3. The normalized spacial score (nSPS) is 23.4. The molecule has 1 fully saturated rings. The molecule has 0 radical (unpaired) electrons. The highest BCUT2D eigenvalue weighted by molar-refractivity contribution is 5.58. The van der Waals surface area contributed by atoms with Gasteiger partial charge in [-0.2, -0.15) is 13.2 Å². The fourth-order valence-electron chi connectivity index (χ4n) is 2.70. The Labute approximate surface area is 117 Å². The summed E-state index contributed by atoms with van der Waals surface area (Å²) < 4.78 is 43.2. The van der Waals surface area contributed by atoms with Crippen molar-refractivity contribution in [3.05, 3.63) is 23.8 Å². The average Bonchev–Trinajstić information content (AvgIpc) is 2.40. The molecule has 1 saturated carbocycles. The van der Waals surface area contributed by atoms with Crippen molar-refractivity contribution in [3.8, 4) is 5.75 Å². The first-order valence-electron chi connectivity index (χ1n) is 6.88. The molecule has 0 atom stereocenters. The zero-order chi connectivity index (χ0) is 14.8. The van der Waals surface area contributed by atoms with Crippen LogP contribution in [0.2, 0.25) is 0 Å². The van der Waals surface area contributed by atoms with E-state index in [1.54, 1.807) is 7.11 Å². The largest absolute Gasteiger partial charge is 0.495 e. The summed E-state index contributed by atoms with van der Waals surface area (Å²) in [5.74, 6) is -0.400. The number of anilines is 1. The molecule has 2 rings (SSSR count). The molecule has 0 heterocycles. The second kappa shape index (κ2) is 5.94. The van der Waals surface area contributed by atoms with E-state index >= 15 is 0 Å². The summed E-state index contributed by atoms with van der Waals surface area (Å²) in [5.41, 5.74) is 1.95. The van der Waals surface area contributed by atoms with Gasteiger partial charge >= 0.3 is 6.18 Å². The SMILES string of the molecule is COc1cc(C)ccc1NC1CCC(C(F)(F)F)CC1. The van der Waals surface area contributed by atoms with Crippen LogP contribution >= 0.6 is 0 Å². The second-order valence-electron chi connectivity index (χ2n) is 5.44. The van der Waals surface area contributed by atoms with E-state index in [0.29, 0.717) is 12.8 Å². The number of methoxy groups -OCH3 is 1. The van der Waals surface area contributed by atoms with Crippen LogP contribution < -0.4 is 10.1 Å². The van der Waals surface area contributed by atoms with Crippen LogP contribution in [0.3, 0.4) is 0 Å². The van der Waals surface area contributed by atoms with Crippen LogP contribution in [0.1, 0.15) is 31.2 Å². The molecule has 1 aliphatic carbocycles. The molecule has 112 valence electrons. The minimum atomic E-state index is -4.05. The van der Waals surface area contributed by atoms with Crippen molar-refractivity contribution in [1.29, 1.82) is 0 Å². The molecule has 20 heavy (non-hydrogen) atoms. The lowest BCUT2D eigenvalue weighted by molar-refractivity contribution is -0.182. The van der Waals surface area contributed by atoms with Gasteiger partial charge in [-0.25, -0.2) is 0 Å². The highest BCUT2D eigenvalue weighted by Crippen LogP contribution is 2.38. The molecule has 0 saturated heterocycles. The molecular weight excluding hydrogens is 267 g/mol. The fraction of sp³-hybridized carbons (Fsp3) is 0.600. The maximum atomic E-state index is 12.6. The van der Waals surface area contributed by atoms with E-state index in [1.165, 1.54) is 0 Å². The van der Waals surface area contributed by atoms with Gasteiger partial charge in [0, 0.05) is 6.04 Å². The maximum Gasteiger partial charge on any atom is 0.391 e. The van der Waals surface area contributed by atoms with Gasteiger partial charge in [-0.15, -0.1) is 0 Å². The Bertz CT molecular complexity index is 451. The summed E-state index contributed by atoms with van der Waals surface area (Å²) in [6.07, 6.45) is -2.56. The Balaban J connectivity index is 1.96. The highest BCUT2D eigenvalue weighted by atomic mass is 19.4. The van der Waals surface area contributed by atoms with Gasteiger partial charge in [-0.05, 0) is 50.3 Å². The van der Waals surface area contributed by atoms with Crippen LogP contribution in [0.4, 0.5) is 18.9 Å². The zero-order valence-electron chi connectivity index (χ0n) is 11.8. The maximum absolute atomic E-state index is 12.6. The Hall–Kier alpha value is -1.39. The number of benzene rings is 1. The van der Waals surface area contributed by atoms with Crippen LogP contribution in [0.25, 0.3) is 0 Å². The third-order valence-electron chi connectivity index (χ3n) is 3.91. The molecule has 1 aromatic carbocycles. The van der Waals surface area contributed by atoms with Gasteiger partial charge in [0.2, 0.25) is 0 Å². The lowest BCUT2D eigenvalue weighted by Gasteiger charge is -2.31. The summed E-state index contributed by atoms with van der Waals surface area (Å²) in [7, 11) is 1.60. The standard InChI is InChI=1S/C15H20F3NO/c1-10-3-8-13(14(9-10)20-2)19-12-6-4-11(5-7-12)15(16,17)18/h3,8-9,11-12,19H,4-7H2,1-2H3. The molecule has 0 aliphatic heterocycles. The predicted molar refractivity (Wildman–Crippen MR) is 73.2 cm³/mol. The summed E-state index contributed by atoms with van der Waals surface area (Å²) in [6.45, 7) is 1.97. The van der Waals surface area contributed by atoms with Crippen molar-refractivity contribution in [2.75, 3.05) is 12.4 Å². The molecule has 5 heteroatoms. The number of ether oxygens (including phenoxy) is 1. The van der Waals surface area contributed by atoms with E-state index in [4.69, 9.17) is 4.74 Å². The van der Waals surface area contributed by atoms with E-state index in [9.17, 15) is 13.2 Å². The highest BCUT2D eigenvalue weighted by Gasteiger charge is 2.41. The molecule has 2 nitrogen and oxygen atoms in total.